The van der Waals surface area contributed by atoms with Gasteiger partial charge in [-0.25, -0.2) is 4.98 Å². The van der Waals surface area contributed by atoms with Crippen molar-refractivity contribution in [2.45, 2.75) is 12.8 Å². The van der Waals surface area contributed by atoms with Gasteiger partial charge in [0.15, 0.2) is 5.82 Å². The SMILES string of the molecule is CNCCc1n[nH]c(CC(=O)NC)n1. The number of carbonyl (C=O) groups excluding carboxylic acids is 1. The number of nitrogens with one attached hydrogen (secondary N) is 3. The summed E-state index contributed by atoms with van der Waals surface area (Å²) in [5.74, 6) is 1.27. The number of H-pyrrole nitrogens is 1. The largest absolute Gasteiger partial charge is 0.359 e. The van der Waals surface area contributed by atoms with Gasteiger partial charge in [-0.05, 0) is 7.05 Å². The Morgan fingerprint density at radius 1 is 1.50 bits per heavy atom. The van der Waals surface area contributed by atoms with Crippen molar-refractivity contribution in [2.75, 3.05) is 20.6 Å². The van der Waals surface area contributed by atoms with Crippen molar-refractivity contribution in [1.29, 1.82) is 0 Å². The molecule has 1 rings (SSSR count). The summed E-state index contributed by atoms with van der Waals surface area (Å²) in [6, 6.07) is 0. The third-order valence-electron chi connectivity index (χ3n) is 1.78. The number of hydrogen-bond acceptors (Lipinski definition) is 4. The second-order valence-corrected chi connectivity index (χ2v) is 2.90. The van der Waals surface area contributed by atoms with E-state index < -0.39 is 0 Å². The highest BCUT2D eigenvalue weighted by Gasteiger charge is 2.06. The van der Waals surface area contributed by atoms with E-state index in [1.54, 1.807) is 7.05 Å². The molecule has 1 aromatic heterocycles. The maximum Gasteiger partial charge on any atom is 0.227 e. The van der Waals surface area contributed by atoms with Gasteiger partial charge in [0.1, 0.15) is 5.82 Å². The van der Waals surface area contributed by atoms with Crippen molar-refractivity contribution in [2.24, 2.45) is 0 Å². The smallest absolute Gasteiger partial charge is 0.227 e. The summed E-state index contributed by atoms with van der Waals surface area (Å²) < 4.78 is 0. The molecule has 14 heavy (non-hydrogen) atoms. The zero-order chi connectivity index (χ0) is 10.4. The van der Waals surface area contributed by atoms with Gasteiger partial charge in [-0.15, -0.1) is 0 Å². The van der Waals surface area contributed by atoms with Crippen molar-refractivity contribution < 1.29 is 4.79 Å². The number of nitrogens with zero attached hydrogens (tertiary/aromatic N) is 2. The minimum Gasteiger partial charge on any atom is -0.359 e. The Morgan fingerprint density at radius 2 is 2.29 bits per heavy atom. The summed E-state index contributed by atoms with van der Waals surface area (Å²) in [6.07, 6.45) is 1.02. The molecule has 0 saturated heterocycles. The van der Waals surface area contributed by atoms with E-state index in [1.165, 1.54) is 0 Å². The molecule has 78 valence electrons. The molecule has 0 spiro atoms. The molecule has 6 heteroatoms. The standard InChI is InChI=1S/C8H15N5O/c1-9-4-3-6-11-7(13-12-6)5-8(14)10-2/h9H,3-5H2,1-2H3,(H,10,14)(H,11,12,13). The predicted molar refractivity (Wildman–Crippen MR) is 51.8 cm³/mol. The van der Waals surface area contributed by atoms with Gasteiger partial charge in [-0.3, -0.25) is 9.89 Å². The summed E-state index contributed by atoms with van der Waals surface area (Å²) in [5, 5.41) is 12.2. The molecular weight excluding hydrogens is 182 g/mol. The monoisotopic (exact) mass is 197 g/mol. The number of carbonyl (C=O) groups is 1. The average Bonchev–Trinajstić information content (AvgIpc) is 2.62. The van der Waals surface area contributed by atoms with Crippen LogP contribution in [-0.2, 0) is 17.6 Å². The molecule has 0 aromatic carbocycles. The van der Waals surface area contributed by atoms with E-state index in [4.69, 9.17) is 0 Å². The van der Waals surface area contributed by atoms with Crippen LogP contribution < -0.4 is 10.6 Å². The average molecular weight is 197 g/mol. The zero-order valence-electron chi connectivity index (χ0n) is 8.42. The van der Waals surface area contributed by atoms with Crippen molar-refractivity contribution in [3.8, 4) is 0 Å². The van der Waals surface area contributed by atoms with Crippen LogP contribution in [0.15, 0.2) is 0 Å². The molecule has 1 aromatic rings. The first-order valence-corrected chi connectivity index (χ1v) is 4.51. The van der Waals surface area contributed by atoms with Crippen LogP contribution >= 0.6 is 0 Å². The van der Waals surface area contributed by atoms with Crippen LogP contribution in [0.2, 0.25) is 0 Å². The molecule has 0 saturated carbocycles. The lowest BCUT2D eigenvalue weighted by molar-refractivity contribution is -0.120. The fourth-order valence-electron chi connectivity index (χ4n) is 1.00. The van der Waals surface area contributed by atoms with Gasteiger partial charge >= 0.3 is 0 Å². The summed E-state index contributed by atoms with van der Waals surface area (Å²) in [5.41, 5.74) is 0. The quantitative estimate of drug-likeness (QED) is 0.557. The number of amides is 1. The second-order valence-electron chi connectivity index (χ2n) is 2.90. The van der Waals surface area contributed by atoms with Gasteiger partial charge in [0, 0.05) is 20.0 Å². The second kappa shape index (κ2) is 5.33. The molecule has 0 atom stereocenters. The van der Waals surface area contributed by atoms with Crippen molar-refractivity contribution >= 4 is 5.91 Å². The Bertz CT molecular complexity index is 296. The van der Waals surface area contributed by atoms with Crippen LogP contribution in [-0.4, -0.2) is 41.7 Å². The summed E-state index contributed by atoms with van der Waals surface area (Å²) in [4.78, 5) is 15.2. The van der Waals surface area contributed by atoms with Crippen LogP contribution in [0.4, 0.5) is 0 Å². The van der Waals surface area contributed by atoms with Gasteiger partial charge in [0.2, 0.25) is 5.91 Å². The number of aromatic nitrogens is 3. The van der Waals surface area contributed by atoms with Gasteiger partial charge in [0.05, 0.1) is 6.42 Å². The zero-order valence-corrected chi connectivity index (χ0v) is 8.42. The molecule has 0 unspecified atom stereocenters. The first-order chi connectivity index (χ1) is 6.76. The Morgan fingerprint density at radius 3 is 2.93 bits per heavy atom. The summed E-state index contributed by atoms with van der Waals surface area (Å²) in [7, 11) is 3.47. The Labute approximate surface area is 82.5 Å². The number of hydrogen-bond donors (Lipinski definition) is 3. The first-order valence-electron chi connectivity index (χ1n) is 4.51. The fraction of sp³-hybridized carbons (Fsp3) is 0.625. The molecule has 0 aliphatic heterocycles. The van der Waals surface area contributed by atoms with E-state index in [9.17, 15) is 4.79 Å². The highest BCUT2D eigenvalue weighted by Crippen LogP contribution is 1.94. The van der Waals surface area contributed by atoms with Crippen LogP contribution in [0.1, 0.15) is 11.6 Å². The van der Waals surface area contributed by atoms with Crippen LogP contribution in [0.5, 0.6) is 0 Å². The highest BCUT2D eigenvalue weighted by molar-refractivity contribution is 5.77. The van der Waals surface area contributed by atoms with E-state index in [0.29, 0.717) is 5.82 Å². The molecular formula is C8H15N5O. The Balaban J connectivity index is 2.46. The number of likely N-dealkylation sites (N-methyl/N-ethyl adjacent to an activating group) is 2. The van der Waals surface area contributed by atoms with E-state index in [-0.39, 0.29) is 12.3 Å². The third kappa shape index (κ3) is 3.14. The molecule has 0 aliphatic rings. The van der Waals surface area contributed by atoms with E-state index in [2.05, 4.69) is 25.8 Å². The van der Waals surface area contributed by atoms with Crippen molar-refractivity contribution in [3.05, 3.63) is 11.6 Å². The normalized spacial score (nSPS) is 10.1. The molecule has 0 fully saturated rings. The van der Waals surface area contributed by atoms with E-state index >= 15 is 0 Å². The molecule has 3 N–H and O–H groups in total. The maximum atomic E-state index is 11.0. The van der Waals surface area contributed by atoms with Gasteiger partial charge < -0.3 is 10.6 Å². The minimum absolute atomic E-state index is 0.0682. The number of aromatic amines is 1. The van der Waals surface area contributed by atoms with E-state index in [0.717, 1.165) is 18.8 Å². The van der Waals surface area contributed by atoms with Crippen LogP contribution in [0, 0.1) is 0 Å². The number of rotatable bonds is 5. The lowest BCUT2D eigenvalue weighted by Crippen LogP contribution is -2.20. The Kier molecular flexibility index (Phi) is 4.06. The lowest BCUT2D eigenvalue weighted by Gasteiger charge is -1.94. The predicted octanol–water partition coefficient (Wildman–Crippen LogP) is -1.14. The summed E-state index contributed by atoms with van der Waals surface area (Å²) >= 11 is 0. The summed E-state index contributed by atoms with van der Waals surface area (Å²) in [6.45, 7) is 0.831. The first kappa shape index (κ1) is 10.6. The maximum absolute atomic E-state index is 11.0. The molecule has 0 aliphatic carbocycles. The third-order valence-corrected chi connectivity index (χ3v) is 1.78. The topological polar surface area (TPSA) is 82.7 Å². The van der Waals surface area contributed by atoms with Gasteiger partial charge in [-0.1, -0.05) is 0 Å². The van der Waals surface area contributed by atoms with Gasteiger partial charge in [-0.2, -0.15) is 5.10 Å². The fourth-order valence-corrected chi connectivity index (χ4v) is 1.00. The Hall–Kier alpha value is -1.43. The van der Waals surface area contributed by atoms with E-state index in [1.807, 2.05) is 7.05 Å². The lowest BCUT2D eigenvalue weighted by atomic mass is 10.4. The van der Waals surface area contributed by atoms with Crippen molar-refractivity contribution in [1.82, 2.24) is 25.8 Å². The van der Waals surface area contributed by atoms with Crippen LogP contribution in [0.25, 0.3) is 0 Å². The molecule has 6 nitrogen and oxygen atoms in total. The molecule has 0 radical (unpaired) electrons. The minimum atomic E-state index is -0.0682. The van der Waals surface area contributed by atoms with Gasteiger partial charge in [0.25, 0.3) is 0 Å². The van der Waals surface area contributed by atoms with Crippen LogP contribution in [0.3, 0.4) is 0 Å². The highest BCUT2D eigenvalue weighted by atomic mass is 16.1. The molecule has 1 amide bonds. The molecule has 1 heterocycles. The van der Waals surface area contributed by atoms with Crippen molar-refractivity contribution in [3.63, 3.8) is 0 Å². The molecule has 0 bridgehead atoms.